The highest BCUT2D eigenvalue weighted by Crippen LogP contribution is 2.35. The molecule has 4 aromatic carbocycles. The van der Waals surface area contributed by atoms with E-state index in [9.17, 15) is 0 Å². The van der Waals surface area contributed by atoms with Gasteiger partial charge in [0.05, 0.1) is 10.0 Å². The monoisotopic (exact) mass is 435 g/mol. The number of ether oxygens (including phenoxy) is 1. The van der Waals surface area contributed by atoms with Gasteiger partial charge < -0.3 is 10.1 Å². The van der Waals surface area contributed by atoms with Crippen molar-refractivity contribution in [1.82, 2.24) is 0 Å². The van der Waals surface area contributed by atoms with Crippen molar-refractivity contribution >= 4 is 39.7 Å². The van der Waals surface area contributed by atoms with Gasteiger partial charge in [0.15, 0.2) is 5.75 Å². The molecule has 1 N–H and O–H groups in total. The van der Waals surface area contributed by atoms with Gasteiger partial charge in [-0.25, -0.2) is 0 Å². The first-order valence-corrected chi connectivity index (χ1v) is 10.7. The van der Waals surface area contributed by atoms with Crippen molar-refractivity contribution in [3.05, 3.63) is 105 Å². The van der Waals surface area contributed by atoms with Crippen LogP contribution in [0.1, 0.15) is 22.3 Å². The molecule has 0 aromatic heterocycles. The van der Waals surface area contributed by atoms with Gasteiger partial charge in [-0.05, 0) is 59.5 Å². The molecule has 0 aliphatic heterocycles. The molecule has 0 fully saturated rings. The molecule has 4 rings (SSSR count). The molecule has 2 nitrogen and oxygen atoms in total. The largest absolute Gasteiger partial charge is 0.486 e. The van der Waals surface area contributed by atoms with Crippen LogP contribution in [0.3, 0.4) is 0 Å². The van der Waals surface area contributed by atoms with Crippen molar-refractivity contribution < 1.29 is 4.74 Å². The maximum absolute atomic E-state index is 6.52. The van der Waals surface area contributed by atoms with Gasteiger partial charge in [-0.3, -0.25) is 0 Å². The molecule has 0 saturated heterocycles. The van der Waals surface area contributed by atoms with Crippen molar-refractivity contribution in [2.24, 2.45) is 0 Å². The minimum atomic E-state index is 0.404. The summed E-state index contributed by atoms with van der Waals surface area (Å²) in [6.07, 6.45) is 0. The lowest BCUT2D eigenvalue weighted by Crippen LogP contribution is -2.03. The van der Waals surface area contributed by atoms with E-state index in [0.717, 1.165) is 16.8 Å². The highest BCUT2D eigenvalue weighted by atomic mass is 35.5. The van der Waals surface area contributed by atoms with E-state index in [4.69, 9.17) is 27.9 Å². The summed E-state index contributed by atoms with van der Waals surface area (Å²) in [6.45, 7) is 5.22. The third kappa shape index (κ3) is 4.56. The highest BCUT2D eigenvalue weighted by Gasteiger charge is 2.11. The molecule has 0 amide bonds. The zero-order valence-corrected chi connectivity index (χ0v) is 18.5. The van der Waals surface area contributed by atoms with E-state index in [1.807, 2.05) is 30.3 Å². The van der Waals surface area contributed by atoms with Gasteiger partial charge in [0.2, 0.25) is 0 Å². The van der Waals surface area contributed by atoms with Crippen LogP contribution in [0.15, 0.2) is 72.8 Å². The van der Waals surface area contributed by atoms with E-state index < -0.39 is 0 Å². The Morgan fingerprint density at radius 2 is 1.57 bits per heavy atom. The first-order chi connectivity index (χ1) is 14.5. The molecule has 0 aliphatic carbocycles. The van der Waals surface area contributed by atoms with E-state index in [2.05, 4.69) is 61.6 Å². The van der Waals surface area contributed by atoms with Crippen LogP contribution >= 0.6 is 23.2 Å². The Bertz CT molecular complexity index is 1170. The van der Waals surface area contributed by atoms with Gasteiger partial charge in [-0.2, -0.15) is 0 Å². The number of benzene rings is 4. The number of fused-ring (bicyclic) bond motifs is 1. The SMILES string of the molecule is Cc1ccc(NCc2cc(Cl)c(OCc3cccc4ccccc34)c(Cl)c2)c(C)c1. The molecule has 152 valence electrons. The van der Waals surface area contributed by atoms with Crippen LogP contribution in [0.4, 0.5) is 5.69 Å². The minimum absolute atomic E-state index is 0.404. The van der Waals surface area contributed by atoms with Crippen LogP contribution in [-0.2, 0) is 13.2 Å². The highest BCUT2D eigenvalue weighted by molar-refractivity contribution is 6.37. The van der Waals surface area contributed by atoms with Gasteiger partial charge in [-0.15, -0.1) is 0 Å². The summed E-state index contributed by atoms with van der Waals surface area (Å²) in [5.74, 6) is 0.515. The lowest BCUT2D eigenvalue weighted by molar-refractivity contribution is 0.308. The fourth-order valence-electron chi connectivity index (χ4n) is 3.63. The molecule has 0 unspecified atom stereocenters. The average molecular weight is 436 g/mol. The maximum atomic E-state index is 6.52. The smallest absolute Gasteiger partial charge is 0.156 e. The Hall–Kier alpha value is -2.68. The summed E-state index contributed by atoms with van der Waals surface area (Å²) in [4.78, 5) is 0. The van der Waals surface area contributed by atoms with Crippen LogP contribution in [0.5, 0.6) is 5.75 Å². The zero-order chi connectivity index (χ0) is 21.1. The van der Waals surface area contributed by atoms with E-state index in [-0.39, 0.29) is 0 Å². The van der Waals surface area contributed by atoms with Crippen LogP contribution in [0, 0.1) is 13.8 Å². The molecule has 0 spiro atoms. The molecule has 0 heterocycles. The normalized spacial score (nSPS) is 10.9. The number of hydrogen-bond acceptors (Lipinski definition) is 2. The second-order valence-electron chi connectivity index (χ2n) is 7.49. The Morgan fingerprint density at radius 1 is 0.833 bits per heavy atom. The fraction of sp³-hybridized carbons (Fsp3) is 0.154. The van der Waals surface area contributed by atoms with Crippen LogP contribution in [0.2, 0.25) is 10.0 Å². The third-order valence-electron chi connectivity index (χ3n) is 5.17. The number of anilines is 1. The summed E-state index contributed by atoms with van der Waals surface area (Å²) in [7, 11) is 0. The van der Waals surface area contributed by atoms with Crippen molar-refractivity contribution in [1.29, 1.82) is 0 Å². The Balaban J connectivity index is 1.48. The van der Waals surface area contributed by atoms with Crippen LogP contribution < -0.4 is 10.1 Å². The fourth-order valence-corrected chi connectivity index (χ4v) is 4.27. The van der Waals surface area contributed by atoms with E-state index in [1.165, 1.54) is 21.9 Å². The van der Waals surface area contributed by atoms with E-state index >= 15 is 0 Å². The lowest BCUT2D eigenvalue weighted by Gasteiger charge is -2.14. The molecule has 0 radical (unpaired) electrons. The quantitative estimate of drug-likeness (QED) is 0.331. The van der Waals surface area contributed by atoms with Crippen molar-refractivity contribution in [3.63, 3.8) is 0 Å². The molecule has 0 bridgehead atoms. The predicted octanol–water partition coefficient (Wildman–Crippen LogP) is 7.95. The Morgan fingerprint density at radius 3 is 2.33 bits per heavy atom. The van der Waals surface area contributed by atoms with E-state index in [0.29, 0.717) is 28.9 Å². The minimum Gasteiger partial charge on any atom is -0.486 e. The summed E-state index contributed by atoms with van der Waals surface area (Å²) < 4.78 is 6.03. The Labute approximate surface area is 187 Å². The molecule has 4 aromatic rings. The first kappa shape index (κ1) is 20.6. The molecule has 0 atom stereocenters. The Kier molecular flexibility index (Phi) is 6.17. The summed E-state index contributed by atoms with van der Waals surface area (Å²) >= 11 is 13.0. The van der Waals surface area contributed by atoms with Gasteiger partial charge in [0.25, 0.3) is 0 Å². The summed E-state index contributed by atoms with van der Waals surface area (Å²) in [5, 5.41) is 6.83. The van der Waals surface area contributed by atoms with Gasteiger partial charge in [0.1, 0.15) is 6.61 Å². The molecule has 4 heteroatoms. The van der Waals surface area contributed by atoms with E-state index in [1.54, 1.807) is 0 Å². The third-order valence-corrected chi connectivity index (χ3v) is 5.74. The number of aryl methyl sites for hydroxylation is 2. The molecular formula is C26H23Cl2NO. The number of hydrogen-bond donors (Lipinski definition) is 1. The average Bonchev–Trinajstić information content (AvgIpc) is 2.72. The second kappa shape index (κ2) is 8.99. The van der Waals surface area contributed by atoms with Crippen molar-refractivity contribution in [2.75, 3.05) is 5.32 Å². The zero-order valence-electron chi connectivity index (χ0n) is 17.0. The summed E-state index contributed by atoms with van der Waals surface area (Å²) in [6, 6.07) is 24.6. The molecular weight excluding hydrogens is 413 g/mol. The second-order valence-corrected chi connectivity index (χ2v) is 8.30. The van der Waals surface area contributed by atoms with Crippen molar-refractivity contribution in [3.8, 4) is 5.75 Å². The topological polar surface area (TPSA) is 21.3 Å². The lowest BCUT2D eigenvalue weighted by atomic mass is 10.1. The number of nitrogens with one attached hydrogen (secondary N) is 1. The molecule has 0 aliphatic rings. The van der Waals surface area contributed by atoms with Crippen LogP contribution in [-0.4, -0.2) is 0 Å². The van der Waals surface area contributed by atoms with Gasteiger partial charge >= 0.3 is 0 Å². The molecule has 30 heavy (non-hydrogen) atoms. The predicted molar refractivity (Wildman–Crippen MR) is 128 cm³/mol. The summed E-state index contributed by atoms with van der Waals surface area (Å²) in [5.41, 5.74) is 5.66. The maximum Gasteiger partial charge on any atom is 0.156 e. The van der Waals surface area contributed by atoms with Gasteiger partial charge in [0, 0.05) is 12.2 Å². The first-order valence-electron chi connectivity index (χ1n) is 9.90. The van der Waals surface area contributed by atoms with Crippen molar-refractivity contribution in [2.45, 2.75) is 27.0 Å². The van der Waals surface area contributed by atoms with Crippen LogP contribution in [0.25, 0.3) is 10.8 Å². The van der Waals surface area contributed by atoms with Gasteiger partial charge in [-0.1, -0.05) is 83.4 Å². The number of rotatable bonds is 6. The number of halogens is 2. The molecule has 0 saturated carbocycles. The standard InChI is InChI=1S/C26H23Cl2NO/c1-17-10-11-25(18(2)12-17)29-15-19-13-23(27)26(24(28)14-19)30-16-21-8-5-7-20-6-3-4-9-22(20)21/h3-14,29H,15-16H2,1-2H3.